The van der Waals surface area contributed by atoms with E-state index in [1.54, 1.807) is 30.9 Å². The fourth-order valence-corrected chi connectivity index (χ4v) is 3.76. The highest BCUT2D eigenvalue weighted by Crippen LogP contribution is 2.25. The summed E-state index contributed by atoms with van der Waals surface area (Å²) < 4.78 is 5.15. The maximum absolute atomic E-state index is 13.0. The summed E-state index contributed by atoms with van der Waals surface area (Å²) in [5, 5.41) is 11.0. The standard InChI is InChI=1S/C22H25N3O5/c1-15-13-17(8-11-19(15)25(28)29)21(26)24-12-4-5-20(24)22(27)23(2)14-16-6-9-18(30-3)10-7-16/h6-11,13,20H,4-5,12,14H2,1-3H3. The van der Waals surface area contributed by atoms with Gasteiger partial charge < -0.3 is 14.5 Å². The summed E-state index contributed by atoms with van der Waals surface area (Å²) >= 11 is 0. The molecule has 0 saturated carbocycles. The molecule has 1 saturated heterocycles. The van der Waals surface area contributed by atoms with E-state index in [-0.39, 0.29) is 17.5 Å². The van der Waals surface area contributed by atoms with Gasteiger partial charge in [0.2, 0.25) is 5.91 Å². The number of benzene rings is 2. The third kappa shape index (κ3) is 4.42. The Morgan fingerprint density at radius 3 is 2.53 bits per heavy atom. The molecule has 0 radical (unpaired) electrons. The molecule has 30 heavy (non-hydrogen) atoms. The minimum atomic E-state index is -0.531. The molecule has 8 nitrogen and oxygen atoms in total. The molecule has 1 heterocycles. The third-order valence-electron chi connectivity index (χ3n) is 5.39. The van der Waals surface area contributed by atoms with Crippen molar-refractivity contribution < 1.29 is 19.2 Å². The molecule has 8 heteroatoms. The largest absolute Gasteiger partial charge is 0.497 e. The lowest BCUT2D eigenvalue weighted by Crippen LogP contribution is -2.46. The number of carbonyl (C=O) groups excluding carboxylic acids is 2. The van der Waals surface area contributed by atoms with Gasteiger partial charge in [0.15, 0.2) is 0 Å². The second-order valence-corrected chi connectivity index (χ2v) is 7.46. The van der Waals surface area contributed by atoms with Gasteiger partial charge in [-0.15, -0.1) is 0 Å². The van der Waals surface area contributed by atoms with Crippen molar-refractivity contribution in [1.82, 2.24) is 9.80 Å². The van der Waals surface area contributed by atoms with Gasteiger partial charge in [0, 0.05) is 37.3 Å². The van der Waals surface area contributed by atoms with Crippen molar-refractivity contribution in [2.75, 3.05) is 20.7 Å². The summed E-state index contributed by atoms with van der Waals surface area (Å²) in [6, 6.07) is 11.3. The van der Waals surface area contributed by atoms with Crippen LogP contribution in [0.15, 0.2) is 42.5 Å². The van der Waals surface area contributed by atoms with Crippen molar-refractivity contribution >= 4 is 17.5 Å². The van der Waals surface area contributed by atoms with E-state index in [9.17, 15) is 19.7 Å². The molecule has 158 valence electrons. The third-order valence-corrected chi connectivity index (χ3v) is 5.39. The Morgan fingerprint density at radius 2 is 1.93 bits per heavy atom. The average molecular weight is 411 g/mol. The summed E-state index contributed by atoms with van der Waals surface area (Å²) in [6.07, 6.45) is 1.34. The van der Waals surface area contributed by atoms with E-state index in [0.717, 1.165) is 17.7 Å². The lowest BCUT2D eigenvalue weighted by atomic mass is 10.1. The van der Waals surface area contributed by atoms with E-state index in [2.05, 4.69) is 0 Å². The second kappa shape index (κ2) is 8.94. The lowest BCUT2D eigenvalue weighted by Gasteiger charge is -2.28. The van der Waals surface area contributed by atoms with Crippen LogP contribution in [0.2, 0.25) is 0 Å². The van der Waals surface area contributed by atoms with Crippen molar-refractivity contribution in [3.8, 4) is 5.75 Å². The van der Waals surface area contributed by atoms with Gasteiger partial charge in [0.1, 0.15) is 11.8 Å². The SMILES string of the molecule is COc1ccc(CN(C)C(=O)C2CCCN2C(=O)c2ccc([N+](=O)[O-])c(C)c2)cc1. The number of aryl methyl sites for hydroxylation is 1. The van der Waals surface area contributed by atoms with Crippen molar-refractivity contribution in [3.63, 3.8) is 0 Å². The number of hydrogen-bond acceptors (Lipinski definition) is 5. The van der Waals surface area contributed by atoms with Crippen LogP contribution in [0.4, 0.5) is 5.69 Å². The Morgan fingerprint density at radius 1 is 1.23 bits per heavy atom. The van der Waals surface area contributed by atoms with Crippen LogP contribution in [0.5, 0.6) is 5.75 Å². The van der Waals surface area contributed by atoms with Crippen LogP contribution in [0.25, 0.3) is 0 Å². The smallest absolute Gasteiger partial charge is 0.272 e. The number of likely N-dealkylation sites (N-methyl/N-ethyl adjacent to an activating group) is 1. The first kappa shape index (κ1) is 21.3. The zero-order valence-corrected chi connectivity index (χ0v) is 17.3. The van der Waals surface area contributed by atoms with Gasteiger partial charge in [0.25, 0.3) is 11.6 Å². The zero-order valence-electron chi connectivity index (χ0n) is 17.3. The lowest BCUT2D eigenvalue weighted by molar-refractivity contribution is -0.385. The number of hydrogen-bond donors (Lipinski definition) is 0. The first-order valence-corrected chi connectivity index (χ1v) is 9.75. The summed E-state index contributed by atoms with van der Waals surface area (Å²) in [7, 11) is 3.33. The fourth-order valence-electron chi connectivity index (χ4n) is 3.76. The van der Waals surface area contributed by atoms with Gasteiger partial charge >= 0.3 is 0 Å². The van der Waals surface area contributed by atoms with Crippen LogP contribution in [0.1, 0.15) is 34.3 Å². The topological polar surface area (TPSA) is 93.0 Å². The van der Waals surface area contributed by atoms with E-state index in [0.29, 0.717) is 30.6 Å². The number of nitrogens with zero attached hydrogens (tertiary/aromatic N) is 3. The molecule has 1 aliphatic rings. The molecule has 1 atom stereocenters. The number of ether oxygens (including phenoxy) is 1. The van der Waals surface area contributed by atoms with Crippen LogP contribution < -0.4 is 4.74 Å². The van der Waals surface area contributed by atoms with Crippen LogP contribution in [0, 0.1) is 17.0 Å². The van der Waals surface area contributed by atoms with Gasteiger partial charge in [-0.05, 0) is 49.6 Å². The monoisotopic (exact) mass is 411 g/mol. The maximum atomic E-state index is 13.0. The number of amides is 2. The van der Waals surface area contributed by atoms with Gasteiger partial charge in [-0.1, -0.05) is 12.1 Å². The number of likely N-dealkylation sites (tertiary alicyclic amines) is 1. The van der Waals surface area contributed by atoms with Gasteiger partial charge in [-0.3, -0.25) is 19.7 Å². The number of nitro benzene ring substituents is 1. The average Bonchev–Trinajstić information content (AvgIpc) is 3.22. The molecule has 2 aromatic rings. The predicted octanol–water partition coefficient (Wildman–Crippen LogP) is 3.18. The van der Waals surface area contributed by atoms with Gasteiger partial charge in [-0.2, -0.15) is 0 Å². The highest BCUT2D eigenvalue weighted by atomic mass is 16.6. The molecule has 0 aromatic heterocycles. The molecule has 2 amide bonds. The predicted molar refractivity (Wildman–Crippen MR) is 111 cm³/mol. The van der Waals surface area contributed by atoms with Crippen LogP contribution >= 0.6 is 0 Å². The van der Waals surface area contributed by atoms with Crippen molar-refractivity contribution in [2.45, 2.75) is 32.4 Å². The fraction of sp³-hybridized carbons (Fsp3) is 0.364. The van der Waals surface area contributed by atoms with Crippen LogP contribution in [0.3, 0.4) is 0 Å². The van der Waals surface area contributed by atoms with Crippen LogP contribution in [-0.2, 0) is 11.3 Å². The molecular formula is C22H25N3O5. The normalized spacial score (nSPS) is 15.7. The minimum Gasteiger partial charge on any atom is -0.497 e. The van der Waals surface area contributed by atoms with E-state index in [1.165, 1.54) is 18.2 Å². The van der Waals surface area contributed by atoms with E-state index in [4.69, 9.17) is 4.74 Å². The quantitative estimate of drug-likeness (QED) is 0.538. The Bertz CT molecular complexity index is 958. The van der Waals surface area contributed by atoms with Crippen molar-refractivity contribution in [2.24, 2.45) is 0 Å². The number of rotatable bonds is 6. The highest BCUT2D eigenvalue weighted by Gasteiger charge is 2.36. The summed E-state index contributed by atoms with van der Waals surface area (Å²) in [5.74, 6) is 0.357. The summed E-state index contributed by atoms with van der Waals surface area (Å²) in [5.41, 5.74) is 1.72. The molecular weight excluding hydrogens is 386 g/mol. The zero-order chi connectivity index (χ0) is 21.8. The Hall–Kier alpha value is -3.42. The highest BCUT2D eigenvalue weighted by molar-refractivity contribution is 5.98. The van der Waals surface area contributed by atoms with Crippen LogP contribution in [-0.4, -0.2) is 53.3 Å². The molecule has 1 unspecified atom stereocenters. The molecule has 0 N–H and O–H groups in total. The molecule has 0 bridgehead atoms. The Balaban J connectivity index is 1.72. The van der Waals surface area contributed by atoms with Gasteiger partial charge in [0.05, 0.1) is 12.0 Å². The minimum absolute atomic E-state index is 0.0279. The Labute approximate surface area is 175 Å². The first-order chi connectivity index (χ1) is 14.3. The van der Waals surface area contributed by atoms with E-state index < -0.39 is 11.0 Å². The summed E-state index contributed by atoms with van der Waals surface area (Å²) in [4.78, 5) is 39.8. The number of carbonyl (C=O) groups is 2. The molecule has 3 rings (SSSR count). The molecule has 0 aliphatic carbocycles. The molecule has 1 aliphatic heterocycles. The molecule has 1 fully saturated rings. The number of nitro groups is 1. The second-order valence-electron chi connectivity index (χ2n) is 7.46. The first-order valence-electron chi connectivity index (χ1n) is 9.75. The summed E-state index contributed by atoms with van der Waals surface area (Å²) in [6.45, 7) is 2.52. The maximum Gasteiger partial charge on any atom is 0.272 e. The molecule has 2 aromatic carbocycles. The van der Waals surface area contributed by atoms with E-state index in [1.807, 2.05) is 24.3 Å². The van der Waals surface area contributed by atoms with Crippen molar-refractivity contribution in [1.29, 1.82) is 0 Å². The van der Waals surface area contributed by atoms with E-state index >= 15 is 0 Å². The van der Waals surface area contributed by atoms with Gasteiger partial charge in [-0.25, -0.2) is 0 Å². The molecule has 0 spiro atoms. The number of methoxy groups -OCH3 is 1. The Kier molecular flexibility index (Phi) is 6.34. The van der Waals surface area contributed by atoms with Crippen molar-refractivity contribution in [3.05, 3.63) is 69.3 Å².